The van der Waals surface area contributed by atoms with Crippen LogP contribution in [0, 0.1) is 11.6 Å². The smallest absolute Gasteiger partial charge is 0.343 e. The van der Waals surface area contributed by atoms with Gasteiger partial charge in [0.05, 0.1) is 7.11 Å². The Kier molecular flexibility index (Phi) is 5.87. The number of halogens is 2. The van der Waals surface area contributed by atoms with Crippen LogP contribution in [0.15, 0.2) is 17.0 Å². The van der Waals surface area contributed by atoms with Gasteiger partial charge in [-0.3, -0.25) is 0 Å². The number of nitrogens with two attached hydrogens (primary N) is 1. The summed E-state index contributed by atoms with van der Waals surface area (Å²) < 4.78 is 36.1. The molecule has 0 aliphatic heterocycles. The van der Waals surface area contributed by atoms with E-state index in [1.807, 2.05) is 0 Å². The highest BCUT2D eigenvalue weighted by molar-refractivity contribution is 7.99. The van der Waals surface area contributed by atoms with Crippen molar-refractivity contribution in [1.82, 2.24) is 0 Å². The maximum atomic E-state index is 13.5. The molecule has 1 rings (SSSR count). The summed E-state index contributed by atoms with van der Waals surface area (Å²) in [5, 5.41) is 0. The number of methoxy groups -OCH3 is 1. The number of ether oxygens (including phenoxy) is 2. The molecular weight excluding hydrogens is 264 g/mol. The molecule has 0 saturated heterocycles. The van der Waals surface area contributed by atoms with E-state index < -0.39 is 30.0 Å². The summed E-state index contributed by atoms with van der Waals surface area (Å²) in [5.41, 5.74) is 5.29. The SMILES string of the molecule is COC(=O)COc1c(F)cc(SCCN)cc1F. The number of hydrogen-bond acceptors (Lipinski definition) is 5. The topological polar surface area (TPSA) is 61.5 Å². The second-order valence-electron chi connectivity index (χ2n) is 3.22. The fourth-order valence-electron chi connectivity index (χ4n) is 1.12. The van der Waals surface area contributed by atoms with Gasteiger partial charge < -0.3 is 15.2 Å². The number of carbonyl (C=O) groups excluding carboxylic acids is 1. The van der Waals surface area contributed by atoms with Crippen LogP contribution in [0.1, 0.15) is 0 Å². The van der Waals surface area contributed by atoms with Crippen molar-refractivity contribution in [3.8, 4) is 5.75 Å². The van der Waals surface area contributed by atoms with E-state index in [1.54, 1.807) is 0 Å². The van der Waals surface area contributed by atoms with E-state index >= 15 is 0 Å². The lowest BCUT2D eigenvalue weighted by atomic mass is 10.3. The maximum Gasteiger partial charge on any atom is 0.343 e. The molecule has 18 heavy (non-hydrogen) atoms. The van der Waals surface area contributed by atoms with Crippen LogP contribution in [0.25, 0.3) is 0 Å². The highest BCUT2D eigenvalue weighted by atomic mass is 32.2. The fraction of sp³-hybridized carbons (Fsp3) is 0.364. The zero-order valence-electron chi connectivity index (χ0n) is 9.74. The summed E-state index contributed by atoms with van der Waals surface area (Å²) >= 11 is 1.23. The third-order valence-corrected chi connectivity index (χ3v) is 2.93. The Balaban J connectivity index is 2.77. The molecule has 0 unspecified atom stereocenters. The molecule has 1 aromatic rings. The van der Waals surface area contributed by atoms with Crippen molar-refractivity contribution < 1.29 is 23.0 Å². The van der Waals surface area contributed by atoms with E-state index in [9.17, 15) is 13.6 Å². The molecular formula is C11H13F2NO3S. The van der Waals surface area contributed by atoms with Gasteiger partial charge in [0.1, 0.15) is 0 Å². The largest absolute Gasteiger partial charge is 0.476 e. The monoisotopic (exact) mass is 277 g/mol. The van der Waals surface area contributed by atoms with Gasteiger partial charge in [-0.05, 0) is 12.1 Å². The Hall–Kier alpha value is -1.34. The first-order valence-electron chi connectivity index (χ1n) is 5.10. The number of benzene rings is 1. The molecule has 0 amide bonds. The molecule has 4 nitrogen and oxygen atoms in total. The molecule has 0 spiro atoms. The summed E-state index contributed by atoms with van der Waals surface area (Å²) in [7, 11) is 1.16. The van der Waals surface area contributed by atoms with Gasteiger partial charge in [-0.15, -0.1) is 11.8 Å². The summed E-state index contributed by atoms with van der Waals surface area (Å²) in [6, 6.07) is 2.27. The molecule has 100 valence electrons. The molecule has 0 aliphatic carbocycles. The average Bonchev–Trinajstić information content (AvgIpc) is 2.34. The first kappa shape index (κ1) is 14.7. The molecule has 0 radical (unpaired) electrons. The Morgan fingerprint density at radius 2 is 2.00 bits per heavy atom. The van der Waals surface area contributed by atoms with E-state index in [0.29, 0.717) is 17.2 Å². The van der Waals surface area contributed by atoms with Crippen LogP contribution in [0.4, 0.5) is 8.78 Å². The summed E-state index contributed by atoms with van der Waals surface area (Å²) in [4.78, 5) is 11.2. The van der Waals surface area contributed by atoms with Crippen LogP contribution in [0.3, 0.4) is 0 Å². The highest BCUT2D eigenvalue weighted by Crippen LogP contribution is 2.28. The average molecular weight is 277 g/mol. The lowest BCUT2D eigenvalue weighted by Gasteiger charge is -2.08. The van der Waals surface area contributed by atoms with Gasteiger partial charge >= 0.3 is 5.97 Å². The van der Waals surface area contributed by atoms with Crippen LogP contribution in [0.2, 0.25) is 0 Å². The summed E-state index contributed by atoms with van der Waals surface area (Å²) in [6.45, 7) is -0.131. The normalized spacial score (nSPS) is 10.2. The van der Waals surface area contributed by atoms with Crippen molar-refractivity contribution >= 4 is 17.7 Å². The first-order valence-corrected chi connectivity index (χ1v) is 6.08. The molecule has 2 N–H and O–H groups in total. The minimum absolute atomic E-state index is 0.411. The second kappa shape index (κ2) is 7.17. The number of thioether (sulfide) groups is 1. The van der Waals surface area contributed by atoms with E-state index in [4.69, 9.17) is 10.5 Å². The Bertz CT molecular complexity index is 406. The van der Waals surface area contributed by atoms with Crippen molar-refractivity contribution in [2.45, 2.75) is 4.90 Å². The zero-order chi connectivity index (χ0) is 13.5. The van der Waals surface area contributed by atoms with Crippen molar-refractivity contribution in [3.05, 3.63) is 23.8 Å². The Morgan fingerprint density at radius 1 is 1.39 bits per heavy atom. The van der Waals surface area contributed by atoms with Gasteiger partial charge in [-0.25, -0.2) is 13.6 Å². The number of carbonyl (C=O) groups is 1. The predicted molar refractivity (Wildman–Crippen MR) is 63.6 cm³/mol. The third kappa shape index (κ3) is 4.15. The number of rotatable bonds is 6. The van der Waals surface area contributed by atoms with Crippen molar-refractivity contribution in [2.75, 3.05) is 26.0 Å². The molecule has 1 aromatic carbocycles. The molecule has 0 fully saturated rings. The standard InChI is InChI=1S/C11H13F2NO3S/c1-16-10(15)6-17-11-8(12)4-7(5-9(11)13)18-3-2-14/h4-5H,2-3,6,14H2,1H3. The van der Waals surface area contributed by atoms with Gasteiger partial charge in [0.15, 0.2) is 24.0 Å². The van der Waals surface area contributed by atoms with E-state index in [2.05, 4.69) is 4.74 Å². The van der Waals surface area contributed by atoms with Crippen LogP contribution in [-0.2, 0) is 9.53 Å². The van der Waals surface area contributed by atoms with E-state index in [1.165, 1.54) is 11.8 Å². The highest BCUT2D eigenvalue weighted by Gasteiger charge is 2.14. The number of hydrogen-bond donors (Lipinski definition) is 1. The van der Waals surface area contributed by atoms with E-state index in [-0.39, 0.29) is 0 Å². The first-order chi connectivity index (χ1) is 8.58. The van der Waals surface area contributed by atoms with Gasteiger partial charge in [-0.1, -0.05) is 0 Å². The van der Waals surface area contributed by atoms with Crippen molar-refractivity contribution in [1.29, 1.82) is 0 Å². The summed E-state index contributed by atoms with van der Waals surface area (Å²) in [5.74, 6) is -2.47. The van der Waals surface area contributed by atoms with Crippen LogP contribution < -0.4 is 10.5 Å². The van der Waals surface area contributed by atoms with Crippen molar-refractivity contribution in [3.63, 3.8) is 0 Å². The second-order valence-corrected chi connectivity index (χ2v) is 4.39. The third-order valence-electron chi connectivity index (χ3n) is 1.92. The van der Waals surface area contributed by atoms with Gasteiger partial charge in [0, 0.05) is 17.2 Å². The van der Waals surface area contributed by atoms with Crippen LogP contribution in [-0.4, -0.2) is 32.0 Å². The fourth-order valence-corrected chi connectivity index (χ4v) is 1.85. The Labute approximate surface area is 107 Å². The molecule has 0 bridgehead atoms. The maximum absolute atomic E-state index is 13.5. The van der Waals surface area contributed by atoms with Gasteiger partial charge in [-0.2, -0.15) is 0 Å². The van der Waals surface area contributed by atoms with Crippen LogP contribution in [0.5, 0.6) is 5.75 Å². The Morgan fingerprint density at radius 3 is 2.50 bits per heavy atom. The van der Waals surface area contributed by atoms with Crippen LogP contribution >= 0.6 is 11.8 Å². The molecule has 0 heterocycles. The lowest BCUT2D eigenvalue weighted by molar-refractivity contribution is -0.143. The quantitative estimate of drug-likeness (QED) is 0.631. The molecule has 7 heteroatoms. The predicted octanol–water partition coefficient (Wildman–Crippen LogP) is 1.57. The lowest BCUT2D eigenvalue weighted by Crippen LogP contribution is -2.14. The summed E-state index contributed by atoms with van der Waals surface area (Å²) in [6.07, 6.45) is 0. The molecule has 0 aliphatic rings. The van der Waals surface area contributed by atoms with Gasteiger partial charge in [0.25, 0.3) is 0 Å². The number of esters is 1. The minimum Gasteiger partial charge on any atom is -0.476 e. The van der Waals surface area contributed by atoms with E-state index in [0.717, 1.165) is 19.2 Å². The molecule has 0 saturated carbocycles. The van der Waals surface area contributed by atoms with Gasteiger partial charge in [0.2, 0.25) is 0 Å². The molecule has 0 aromatic heterocycles. The molecule has 0 atom stereocenters. The van der Waals surface area contributed by atoms with Crippen molar-refractivity contribution in [2.24, 2.45) is 5.73 Å². The zero-order valence-corrected chi connectivity index (χ0v) is 10.6. The minimum atomic E-state index is -0.863.